The minimum Gasteiger partial charge on any atom is -0.278 e. The molecule has 0 N–H and O–H groups in total. The van der Waals surface area contributed by atoms with E-state index >= 15 is 0 Å². The molecule has 0 aromatic rings. The van der Waals surface area contributed by atoms with E-state index in [0.29, 0.717) is 0 Å². The van der Waals surface area contributed by atoms with Crippen molar-refractivity contribution < 1.29 is 18.1 Å². The molecule has 0 aromatic carbocycles. The van der Waals surface area contributed by atoms with Gasteiger partial charge in [-0.1, -0.05) is 0 Å². The molecule has 0 saturated heterocycles. The quantitative estimate of drug-likeness (QED) is 0.350. The molecular weight excluding hydrogens is 383 g/mol. The summed E-state index contributed by atoms with van der Waals surface area (Å²) in [5.74, 6) is 14.8. The third-order valence-electron chi connectivity index (χ3n) is 3.85. The van der Waals surface area contributed by atoms with Gasteiger partial charge in [-0.3, -0.25) is 13.6 Å². The SMILES string of the molecule is C#CCC(C)(CC#C)OP(=O)(OC(C)(CC#C)CC#C)OC(C)(CC#C)CC#C. The number of rotatable bonds is 12. The van der Waals surface area contributed by atoms with Crippen LogP contribution in [0.4, 0.5) is 0 Å². The second-order valence-corrected chi connectivity index (χ2v) is 8.80. The third-order valence-corrected chi connectivity index (χ3v) is 5.85. The molecule has 0 unspecified atom stereocenters. The fourth-order valence-electron chi connectivity index (χ4n) is 2.54. The van der Waals surface area contributed by atoms with Gasteiger partial charge in [0, 0.05) is 38.5 Å². The number of hydrogen-bond acceptors (Lipinski definition) is 4. The molecule has 0 spiro atoms. The summed E-state index contributed by atoms with van der Waals surface area (Å²) in [5.41, 5.74) is -3.54. The number of phosphoric ester groups is 1. The Morgan fingerprint density at radius 1 is 0.552 bits per heavy atom. The van der Waals surface area contributed by atoms with Gasteiger partial charge in [-0.15, -0.1) is 74.1 Å². The maximum Gasteiger partial charge on any atom is 0.476 e. The zero-order valence-corrected chi connectivity index (χ0v) is 18.2. The minimum atomic E-state index is -4.34. The van der Waals surface area contributed by atoms with Crippen molar-refractivity contribution in [3.05, 3.63) is 0 Å². The first-order valence-electron chi connectivity index (χ1n) is 8.82. The van der Waals surface area contributed by atoms with Crippen molar-refractivity contribution >= 4 is 7.82 Å². The first-order chi connectivity index (χ1) is 13.5. The van der Waals surface area contributed by atoms with E-state index in [4.69, 9.17) is 52.1 Å². The van der Waals surface area contributed by atoms with E-state index in [0.717, 1.165) is 0 Å². The van der Waals surface area contributed by atoms with Crippen LogP contribution in [0.3, 0.4) is 0 Å². The maximum absolute atomic E-state index is 13.8. The summed E-state index contributed by atoms with van der Waals surface area (Å²) in [4.78, 5) is 0. The Morgan fingerprint density at radius 2 is 0.724 bits per heavy atom. The van der Waals surface area contributed by atoms with Crippen molar-refractivity contribution in [1.82, 2.24) is 0 Å². The zero-order chi connectivity index (χ0) is 22.6. The van der Waals surface area contributed by atoms with Gasteiger partial charge in [0.05, 0.1) is 16.8 Å². The molecule has 0 bridgehead atoms. The molecule has 29 heavy (non-hydrogen) atoms. The Morgan fingerprint density at radius 3 is 0.862 bits per heavy atom. The lowest BCUT2D eigenvalue weighted by Gasteiger charge is -2.38. The van der Waals surface area contributed by atoms with E-state index < -0.39 is 24.6 Å². The average Bonchev–Trinajstić information content (AvgIpc) is 2.54. The molecule has 0 rings (SSSR count). The molecule has 0 aliphatic rings. The van der Waals surface area contributed by atoms with E-state index in [1.165, 1.54) is 0 Å². The third kappa shape index (κ3) is 9.01. The lowest BCUT2D eigenvalue weighted by molar-refractivity contribution is -0.0478. The maximum atomic E-state index is 13.8. The Hall–Kier alpha value is -2.53. The van der Waals surface area contributed by atoms with Gasteiger partial charge in [-0.2, -0.15) is 0 Å². The minimum absolute atomic E-state index is 0.0654. The highest BCUT2D eigenvalue weighted by Gasteiger charge is 2.47. The summed E-state index contributed by atoms with van der Waals surface area (Å²) in [6.07, 6.45) is 33.0. The monoisotopic (exact) mass is 410 g/mol. The highest BCUT2D eigenvalue weighted by Crippen LogP contribution is 2.60. The predicted molar refractivity (Wildman–Crippen MR) is 117 cm³/mol. The molecule has 0 fully saturated rings. The van der Waals surface area contributed by atoms with Crippen molar-refractivity contribution in [2.75, 3.05) is 0 Å². The van der Waals surface area contributed by atoms with E-state index in [9.17, 15) is 4.57 Å². The fourth-order valence-corrected chi connectivity index (χ4v) is 4.66. The molecule has 0 radical (unpaired) electrons. The largest absolute Gasteiger partial charge is 0.476 e. The van der Waals surface area contributed by atoms with Crippen LogP contribution in [-0.2, 0) is 18.1 Å². The second-order valence-electron chi connectivity index (χ2n) is 7.36. The molecule has 0 atom stereocenters. The Kier molecular flexibility index (Phi) is 10.5. The highest BCUT2D eigenvalue weighted by atomic mass is 31.2. The van der Waals surface area contributed by atoms with Crippen molar-refractivity contribution in [2.45, 2.75) is 76.1 Å². The molecule has 0 aliphatic carbocycles. The van der Waals surface area contributed by atoms with Gasteiger partial charge in [0.15, 0.2) is 0 Å². The van der Waals surface area contributed by atoms with Crippen LogP contribution in [0.5, 0.6) is 0 Å². The van der Waals surface area contributed by atoms with Gasteiger partial charge in [-0.05, 0) is 20.8 Å². The zero-order valence-electron chi connectivity index (χ0n) is 17.3. The van der Waals surface area contributed by atoms with Crippen molar-refractivity contribution in [3.8, 4) is 74.1 Å². The van der Waals surface area contributed by atoms with E-state index in [1.54, 1.807) is 20.8 Å². The van der Waals surface area contributed by atoms with Gasteiger partial charge in [0.1, 0.15) is 0 Å². The van der Waals surface area contributed by atoms with Crippen molar-refractivity contribution in [1.29, 1.82) is 0 Å². The predicted octanol–water partition coefficient (Wildman–Crippen LogP) is 4.56. The number of phosphoric acid groups is 1. The van der Waals surface area contributed by atoms with Gasteiger partial charge >= 0.3 is 7.82 Å². The molecule has 152 valence electrons. The lowest BCUT2D eigenvalue weighted by Crippen LogP contribution is -2.36. The topological polar surface area (TPSA) is 44.8 Å². The molecule has 0 saturated carbocycles. The van der Waals surface area contributed by atoms with Crippen LogP contribution in [0, 0.1) is 74.1 Å². The van der Waals surface area contributed by atoms with Gasteiger partial charge in [-0.25, -0.2) is 4.57 Å². The molecule has 0 aromatic heterocycles. The molecule has 0 aliphatic heterocycles. The van der Waals surface area contributed by atoms with Crippen LogP contribution in [0.15, 0.2) is 0 Å². The van der Waals surface area contributed by atoms with Crippen molar-refractivity contribution in [3.63, 3.8) is 0 Å². The number of hydrogen-bond donors (Lipinski definition) is 0. The van der Waals surface area contributed by atoms with Gasteiger partial charge in [0.25, 0.3) is 0 Å². The smallest absolute Gasteiger partial charge is 0.278 e. The standard InChI is InChI=1S/C24H27O4P/c1-10-16-22(7,17-11-2)26-29(25,27-23(8,18-12-3)19-13-4)28-24(9,20-14-5)21-15-6/h1-6H,16-21H2,7-9H3. The molecule has 4 nitrogen and oxygen atoms in total. The van der Waals surface area contributed by atoms with E-state index in [2.05, 4.69) is 35.5 Å². The van der Waals surface area contributed by atoms with Crippen LogP contribution in [0.25, 0.3) is 0 Å². The van der Waals surface area contributed by atoms with Crippen molar-refractivity contribution in [2.24, 2.45) is 0 Å². The Balaban J connectivity index is 6.28. The summed E-state index contributed by atoms with van der Waals surface area (Å²) in [6.45, 7) is 4.85. The first kappa shape index (κ1) is 26.5. The summed E-state index contributed by atoms with van der Waals surface area (Å²) >= 11 is 0. The molecule has 0 heterocycles. The van der Waals surface area contributed by atoms with Crippen LogP contribution >= 0.6 is 7.82 Å². The second kappa shape index (κ2) is 11.5. The summed E-state index contributed by atoms with van der Waals surface area (Å²) < 4.78 is 31.3. The van der Waals surface area contributed by atoms with Crippen LogP contribution in [0.2, 0.25) is 0 Å². The van der Waals surface area contributed by atoms with E-state index in [-0.39, 0.29) is 38.5 Å². The fraction of sp³-hybridized carbons (Fsp3) is 0.500. The molecule has 5 heteroatoms. The van der Waals surface area contributed by atoms with Gasteiger partial charge in [0.2, 0.25) is 0 Å². The molecular formula is C24H27O4P. The average molecular weight is 410 g/mol. The van der Waals surface area contributed by atoms with Crippen LogP contribution in [0.1, 0.15) is 59.3 Å². The normalized spacial score (nSPS) is 11.8. The lowest BCUT2D eigenvalue weighted by atomic mass is 9.99. The summed E-state index contributed by atoms with van der Waals surface area (Å²) in [7, 11) is -4.34. The van der Waals surface area contributed by atoms with Gasteiger partial charge < -0.3 is 0 Å². The highest BCUT2D eigenvalue weighted by molar-refractivity contribution is 7.48. The first-order valence-corrected chi connectivity index (χ1v) is 10.3. The summed E-state index contributed by atoms with van der Waals surface area (Å²) in [5, 5.41) is 0. The van der Waals surface area contributed by atoms with Crippen LogP contribution in [-0.4, -0.2) is 16.8 Å². The Bertz CT molecular complexity index is 695. The summed E-state index contributed by atoms with van der Waals surface area (Å²) in [6, 6.07) is 0. The Labute approximate surface area is 176 Å². The number of terminal acetylenes is 6. The van der Waals surface area contributed by atoms with E-state index in [1.807, 2.05) is 0 Å². The molecule has 0 amide bonds. The van der Waals surface area contributed by atoms with Crippen LogP contribution < -0.4 is 0 Å².